The van der Waals surface area contributed by atoms with Crippen LogP contribution in [0.4, 0.5) is 5.69 Å². The molecule has 0 radical (unpaired) electrons. The van der Waals surface area contributed by atoms with Crippen molar-refractivity contribution in [2.24, 2.45) is 0 Å². The van der Waals surface area contributed by atoms with Crippen molar-refractivity contribution >= 4 is 44.6 Å². The van der Waals surface area contributed by atoms with Gasteiger partial charge in [-0.05, 0) is 30.5 Å². The van der Waals surface area contributed by atoms with Crippen LogP contribution < -0.4 is 4.90 Å². The fourth-order valence-electron chi connectivity index (χ4n) is 2.10. The second kappa shape index (κ2) is 6.78. The topological polar surface area (TPSA) is 3.24 Å². The van der Waals surface area contributed by atoms with Crippen molar-refractivity contribution in [1.29, 1.82) is 0 Å². The highest BCUT2D eigenvalue weighted by molar-refractivity contribution is 9.08. The van der Waals surface area contributed by atoms with Crippen LogP contribution in [-0.2, 0) is 11.8 Å². The molecule has 0 amide bonds. The zero-order valence-electron chi connectivity index (χ0n) is 11.1. The molecule has 0 N–H and O–H groups in total. The summed E-state index contributed by atoms with van der Waals surface area (Å²) in [7, 11) is 2.14. The predicted molar refractivity (Wildman–Crippen MR) is 90.0 cm³/mol. The van der Waals surface area contributed by atoms with Gasteiger partial charge in [0, 0.05) is 46.0 Å². The summed E-state index contributed by atoms with van der Waals surface area (Å²) in [5, 5.41) is 3.73. The monoisotopic (exact) mass is 357 g/mol. The fraction of sp³-hybridized carbons (Fsp3) is 0.333. The summed E-state index contributed by atoms with van der Waals surface area (Å²) in [4.78, 5) is 3.73. The van der Waals surface area contributed by atoms with Gasteiger partial charge in [0.15, 0.2) is 0 Å². The van der Waals surface area contributed by atoms with E-state index in [1.54, 1.807) is 0 Å². The van der Waals surface area contributed by atoms with Crippen molar-refractivity contribution in [3.05, 3.63) is 51.2 Å². The number of alkyl halides is 1. The third-order valence-electron chi connectivity index (χ3n) is 3.35. The molecule has 2 rings (SSSR count). The lowest BCUT2D eigenvalue weighted by Gasteiger charge is -2.29. The van der Waals surface area contributed by atoms with Gasteiger partial charge in [-0.15, -0.1) is 11.3 Å². The Bertz CT molecular complexity index is 527. The summed E-state index contributed by atoms with van der Waals surface area (Å²) < 4.78 is 0. The molecule has 2 aromatic rings. The van der Waals surface area contributed by atoms with Crippen LogP contribution in [0, 0.1) is 0 Å². The van der Waals surface area contributed by atoms with Crippen molar-refractivity contribution in [2.75, 3.05) is 11.9 Å². The lowest BCUT2D eigenvalue weighted by molar-refractivity contribution is 0.686. The van der Waals surface area contributed by atoms with Crippen LogP contribution >= 0.6 is 38.9 Å². The van der Waals surface area contributed by atoms with Gasteiger partial charge in [0.1, 0.15) is 0 Å². The van der Waals surface area contributed by atoms with E-state index in [4.69, 9.17) is 11.6 Å². The Morgan fingerprint density at radius 1 is 1.32 bits per heavy atom. The number of anilines is 1. The highest BCUT2D eigenvalue weighted by Crippen LogP contribution is 2.30. The van der Waals surface area contributed by atoms with Crippen LogP contribution in [0.2, 0.25) is 5.02 Å². The smallest absolute Gasteiger partial charge is 0.0467 e. The maximum atomic E-state index is 6.27. The first kappa shape index (κ1) is 14.9. The Kier molecular flexibility index (Phi) is 5.31. The van der Waals surface area contributed by atoms with Gasteiger partial charge in [0.25, 0.3) is 0 Å². The summed E-state index contributed by atoms with van der Waals surface area (Å²) in [6.45, 7) is 2.25. The van der Waals surface area contributed by atoms with E-state index >= 15 is 0 Å². The number of hydrogen-bond acceptors (Lipinski definition) is 2. The van der Waals surface area contributed by atoms with Crippen molar-refractivity contribution in [3.63, 3.8) is 0 Å². The summed E-state index contributed by atoms with van der Waals surface area (Å²) in [5.74, 6) is 0. The largest absolute Gasteiger partial charge is 0.371 e. The van der Waals surface area contributed by atoms with Crippen molar-refractivity contribution in [1.82, 2.24) is 0 Å². The number of halogens is 2. The molecule has 1 atom stereocenters. The van der Waals surface area contributed by atoms with Gasteiger partial charge >= 0.3 is 0 Å². The lowest BCUT2D eigenvalue weighted by atomic mass is 10.1. The average molecular weight is 359 g/mol. The molecule has 19 heavy (non-hydrogen) atoms. The van der Waals surface area contributed by atoms with Gasteiger partial charge in [0.05, 0.1) is 0 Å². The zero-order chi connectivity index (χ0) is 13.8. The van der Waals surface area contributed by atoms with Crippen LogP contribution in [0.3, 0.4) is 0 Å². The van der Waals surface area contributed by atoms with Gasteiger partial charge < -0.3 is 4.90 Å². The number of likely N-dealkylation sites (N-methyl/N-ethyl adjacent to an activating group) is 1. The number of rotatable bonds is 5. The van der Waals surface area contributed by atoms with Crippen LogP contribution in [-0.4, -0.2) is 13.1 Å². The molecule has 0 fully saturated rings. The molecule has 1 heterocycles. The summed E-state index contributed by atoms with van der Waals surface area (Å²) in [6, 6.07) is 10.8. The number of hydrogen-bond donors (Lipinski definition) is 0. The highest BCUT2D eigenvalue weighted by Gasteiger charge is 2.15. The second-order valence-electron chi connectivity index (χ2n) is 4.61. The molecule has 0 spiro atoms. The number of nitrogens with zero attached hydrogens (tertiary/aromatic N) is 1. The van der Waals surface area contributed by atoms with Gasteiger partial charge in [-0.2, -0.15) is 0 Å². The summed E-state index contributed by atoms with van der Waals surface area (Å²) >= 11 is 11.6. The third kappa shape index (κ3) is 3.53. The first-order valence-corrected chi connectivity index (χ1v) is 8.60. The van der Waals surface area contributed by atoms with Crippen molar-refractivity contribution < 1.29 is 0 Å². The minimum atomic E-state index is 0.440. The van der Waals surface area contributed by atoms with E-state index < -0.39 is 0 Å². The molecule has 102 valence electrons. The maximum absolute atomic E-state index is 6.27. The Morgan fingerprint density at radius 3 is 2.74 bits per heavy atom. The molecule has 0 saturated heterocycles. The van der Waals surface area contributed by atoms with Crippen molar-refractivity contribution in [3.8, 4) is 0 Å². The SMILES string of the molecule is CC(Cc1cccs1)N(C)c1cccc(Cl)c1CBr. The van der Waals surface area contributed by atoms with E-state index in [2.05, 4.69) is 58.4 Å². The molecule has 0 saturated carbocycles. The van der Waals surface area contributed by atoms with Gasteiger partial charge in [0.2, 0.25) is 0 Å². The Balaban J connectivity index is 2.19. The number of benzene rings is 1. The van der Waals surface area contributed by atoms with Crippen LogP contribution in [0.1, 0.15) is 17.4 Å². The van der Waals surface area contributed by atoms with E-state index in [1.807, 2.05) is 23.5 Å². The minimum absolute atomic E-state index is 0.440. The molecule has 1 unspecified atom stereocenters. The van der Waals surface area contributed by atoms with Gasteiger partial charge in [-0.1, -0.05) is 39.7 Å². The maximum Gasteiger partial charge on any atom is 0.0467 e. The van der Waals surface area contributed by atoms with Gasteiger partial charge in [-0.25, -0.2) is 0 Å². The lowest BCUT2D eigenvalue weighted by Crippen LogP contribution is -2.31. The van der Waals surface area contributed by atoms with Crippen LogP contribution in [0.15, 0.2) is 35.7 Å². The van der Waals surface area contributed by atoms with E-state index in [9.17, 15) is 0 Å². The summed E-state index contributed by atoms with van der Waals surface area (Å²) in [6.07, 6.45) is 1.06. The molecule has 0 bridgehead atoms. The van der Waals surface area contributed by atoms with Gasteiger partial charge in [-0.3, -0.25) is 0 Å². The predicted octanol–water partition coefficient (Wildman–Crippen LogP) is 5.36. The molecule has 1 aromatic heterocycles. The van der Waals surface area contributed by atoms with E-state index in [0.717, 1.165) is 22.3 Å². The van der Waals surface area contributed by atoms with Crippen LogP contribution in [0.25, 0.3) is 0 Å². The first-order chi connectivity index (χ1) is 9.13. The molecule has 0 aliphatic heterocycles. The second-order valence-corrected chi connectivity index (χ2v) is 6.61. The Morgan fingerprint density at radius 2 is 2.11 bits per heavy atom. The molecule has 0 aliphatic carbocycles. The first-order valence-electron chi connectivity index (χ1n) is 6.22. The number of thiophene rings is 1. The molecular weight excluding hydrogens is 342 g/mol. The van der Waals surface area contributed by atoms with E-state index in [1.165, 1.54) is 10.6 Å². The molecule has 1 aromatic carbocycles. The average Bonchev–Trinajstić information content (AvgIpc) is 2.90. The third-order valence-corrected chi connectivity index (χ3v) is 5.16. The minimum Gasteiger partial charge on any atom is -0.371 e. The van der Waals surface area contributed by atoms with Crippen LogP contribution in [0.5, 0.6) is 0 Å². The van der Waals surface area contributed by atoms with Crippen molar-refractivity contribution in [2.45, 2.75) is 24.7 Å². The fourth-order valence-corrected chi connectivity index (χ4v) is 3.92. The van der Waals surface area contributed by atoms with E-state index in [0.29, 0.717) is 6.04 Å². The normalized spacial score (nSPS) is 12.4. The highest BCUT2D eigenvalue weighted by atomic mass is 79.9. The van der Waals surface area contributed by atoms with E-state index in [-0.39, 0.29) is 0 Å². The standard InChI is InChI=1S/C15H17BrClNS/c1-11(9-12-5-4-8-19-12)18(2)15-7-3-6-14(17)13(15)10-16/h3-8,11H,9-10H2,1-2H3. The Labute approximate surface area is 132 Å². The molecule has 0 aliphatic rings. The molecule has 1 nitrogen and oxygen atoms in total. The Hall–Kier alpha value is -0.510. The molecule has 4 heteroatoms. The quantitative estimate of drug-likeness (QED) is 0.650. The summed E-state index contributed by atoms with van der Waals surface area (Å²) in [5.41, 5.74) is 2.36. The zero-order valence-corrected chi connectivity index (χ0v) is 14.2. The molecular formula is C15H17BrClNS.